The van der Waals surface area contributed by atoms with Gasteiger partial charge in [-0.15, -0.1) is 0 Å². The lowest BCUT2D eigenvalue weighted by atomic mass is 9.47. The molecule has 0 radical (unpaired) electrons. The van der Waals surface area contributed by atoms with Gasteiger partial charge in [0.25, 0.3) is 0 Å². The maximum Gasteiger partial charge on any atom is 0.126 e. The highest BCUT2D eigenvalue weighted by molar-refractivity contribution is 5.58. The van der Waals surface area contributed by atoms with Gasteiger partial charge in [-0.05, 0) is 85.7 Å². The SMILES string of the molecule is Cc1cc(C23CC4CC(CC(C4)C2)C3)c(O)c(C(C)(C)C)c1O. The largest absolute Gasteiger partial charge is 0.507 e. The molecule has 0 aromatic heterocycles. The molecule has 0 aliphatic heterocycles. The van der Waals surface area contributed by atoms with E-state index in [0.717, 1.165) is 34.4 Å². The minimum atomic E-state index is -0.253. The lowest BCUT2D eigenvalue weighted by molar-refractivity contribution is -0.00627. The fraction of sp³-hybridized carbons (Fsp3) is 0.714. The molecule has 0 saturated heterocycles. The average Bonchev–Trinajstić information content (AvgIpc) is 2.39. The van der Waals surface area contributed by atoms with E-state index in [4.69, 9.17) is 0 Å². The van der Waals surface area contributed by atoms with Gasteiger partial charge in [0.2, 0.25) is 0 Å². The van der Waals surface area contributed by atoms with E-state index >= 15 is 0 Å². The molecule has 0 heterocycles. The highest BCUT2D eigenvalue weighted by atomic mass is 16.3. The van der Waals surface area contributed by atoms with Gasteiger partial charge in [0, 0.05) is 11.1 Å². The van der Waals surface area contributed by atoms with Crippen LogP contribution in [-0.2, 0) is 10.8 Å². The molecule has 4 fully saturated rings. The molecule has 2 N–H and O–H groups in total. The molecular weight excluding hydrogens is 284 g/mol. The molecule has 1 aromatic carbocycles. The summed E-state index contributed by atoms with van der Waals surface area (Å²) in [6.07, 6.45) is 7.93. The first-order valence-corrected chi connectivity index (χ1v) is 9.26. The topological polar surface area (TPSA) is 40.5 Å². The summed E-state index contributed by atoms with van der Waals surface area (Å²) in [4.78, 5) is 0. The van der Waals surface area contributed by atoms with Crippen LogP contribution in [0.5, 0.6) is 11.5 Å². The van der Waals surface area contributed by atoms with Crippen LogP contribution in [0.15, 0.2) is 6.07 Å². The summed E-state index contributed by atoms with van der Waals surface area (Å²) in [6, 6.07) is 2.09. The fourth-order valence-electron chi connectivity index (χ4n) is 6.35. The van der Waals surface area contributed by atoms with Gasteiger partial charge in [-0.1, -0.05) is 20.8 Å². The predicted molar refractivity (Wildman–Crippen MR) is 93.1 cm³/mol. The number of benzene rings is 1. The first-order valence-electron chi connectivity index (χ1n) is 9.26. The van der Waals surface area contributed by atoms with Crippen molar-refractivity contribution < 1.29 is 10.2 Å². The molecule has 0 spiro atoms. The summed E-state index contributed by atoms with van der Waals surface area (Å²) in [7, 11) is 0. The molecular formula is C21H30O2. The van der Waals surface area contributed by atoms with Gasteiger partial charge in [0.1, 0.15) is 11.5 Å². The van der Waals surface area contributed by atoms with Gasteiger partial charge in [-0.3, -0.25) is 0 Å². The number of rotatable bonds is 1. The Morgan fingerprint density at radius 3 is 1.83 bits per heavy atom. The van der Waals surface area contributed by atoms with Gasteiger partial charge in [0.05, 0.1) is 0 Å². The first kappa shape index (κ1) is 15.4. The zero-order valence-corrected chi connectivity index (χ0v) is 14.9. The van der Waals surface area contributed by atoms with Crippen molar-refractivity contribution in [2.24, 2.45) is 17.8 Å². The van der Waals surface area contributed by atoms with E-state index in [-0.39, 0.29) is 16.6 Å². The third kappa shape index (κ3) is 2.21. The van der Waals surface area contributed by atoms with Crippen molar-refractivity contribution in [2.75, 3.05) is 0 Å². The van der Waals surface area contributed by atoms with E-state index in [0.29, 0.717) is 5.75 Å². The Morgan fingerprint density at radius 2 is 1.39 bits per heavy atom. The van der Waals surface area contributed by atoms with Crippen LogP contribution >= 0.6 is 0 Å². The summed E-state index contributed by atoms with van der Waals surface area (Å²) < 4.78 is 0. The van der Waals surface area contributed by atoms with Gasteiger partial charge < -0.3 is 10.2 Å². The Morgan fingerprint density at radius 1 is 0.913 bits per heavy atom. The first-order chi connectivity index (χ1) is 10.7. The summed E-state index contributed by atoms with van der Waals surface area (Å²) in [5, 5.41) is 21.7. The Labute approximate surface area is 139 Å². The Hall–Kier alpha value is -1.18. The molecule has 2 nitrogen and oxygen atoms in total. The maximum atomic E-state index is 11.1. The van der Waals surface area contributed by atoms with Crippen molar-refractivity contribution >= 4 is 0 Å². The Balaban J connectivity index is 1.88. The second-order valence-corrected chi connectivity index (χ2v) is 9.76. The molecule has 4 aliphatic rings. The van der Waals surface area contributed by atoms with Crippen molar-refractivity contribution in [3.8, 4) is 11.5 Å². The molecule has 2 heteroatoms. The summed E-state index contributed by atoms with van der Waals surface area (Å²) in [6.45, 7) is 8.20. The number of hydrogen-bond acceptors (Lipinski definition) is 2. The van der Waals surface area contributed by atoms with Gasteiger partial charge in [-0.25, -0.2) is 0 Å². The number of phenolic OH excluding ortho intramolecular Hbond substituents is 2. The van der Waals surface area contributed by atoms with Crippen LogP contribution in [0, 0.1) is 24.7 Å². The van der Waals surface area contributed by atoms with Crippen LogP contribution in [-0.4, -0.2) is 10.2 Å². The highest BCUT2D eigenvalue weighted by Crippen LogP contribution is 2.62. The number of phenols is 2. The van der Waals surface area contributed by atoms with E-state index in [9.17, 15) is 10.2 Å². The van der Waals surface area contributed by atoms with Crippen molar-refractivity contribution in [1.82, 2.24) is 0 Å². The highest BCUT2D eigenvalue weighted by Gasteiger charge is 2.53. The minimum absolute atomic E-state index is 0.164. The Kier molecular flexibility index (Phi) is 3.12. The summed E-state index contributed by atoms with van der Waals surface area (Å²) in [5.74, 6) is 3.22. The summed E-state index contributed by atoms with van der Waals surface area (Å²) in [5.41, 5.74) is 2.70. The van der Waals surface area contributed by atoms with E-state index in [1.165, 1.54) is 38.5 Å². The molecule has 4 saturated carbocycles. The van der Waals surface area contributed by atoms with Gasteiger partial charge in [-0.2, -0.15) is 0 Å². The van der Waals surface area contributed by atoms with Gasteiger partial charge >= 0.3 is 0 Å². The molecule has 0 amide bonds. The van der Waals surface area contributed by atoms with Crippen LogP contribution in [0.4, 0.5) is 0 Å². The van der Waals surface area contributed by atoms with E-state index < -0.39 is 0 Å². The molecule has 0 atom stereocenters. The van der Waals surface area contributed by atoms with Crippen LogP contribution in [0.25, 0.3) is 0 Å². The number of hydrogen-bond donors (Lipinski definition) is 2. The molecule has 0 unspecified atom stereocenters. The quantitative estimate of drug-likeness (QED) is 0.750. The lowest BCUT2D eigenvalue weighted by Gasteiger charge is -2.57. The van der Waals surface area contributed by atoms with Crippen LogP contribution < -0.4 is 0 Å². The molecule has 126 valence electrons. The minimum Gasteiger partial charge on any atom is -0.507 e. The normalized spacial score (nSPS) is 35.7. The van der Waals surface area contributed by atoms with Crippen molar-refractivity contribution in [3.63, 3.8) is 0 Å². The summed E-state index contributed by atoms with van der Waals surface area (Å²) >= 11 is 0. The number of aromatic hydroxyl groups is 2. The van der Waals surface area contributed by atoms with Crippen LogP contribution in [0.2, 0.25) is 0 Å². The van der Waals surface area contributed by atoms with Gasteiger partial charge in [0.15, 0.2) is 0 Å². The van der Waals surface area contributed by atoms with Crippen molar-refractivity contribution in [1.29, 1.82) is 0 Å². The maximum absolute atomic E-state index is 11.1. The van der Waals surface area contributed by atoms with E-state index in [1.807, 2.05) is 6.92 Å². The van der Waals surface area contributed by atoms with E-state index in [2.05, 4.69) is 26.8 Å². The molecule has 23 heavy (non-hydrogen) atoms. The van der Waals surface area contributed by atoms with Crippen molar-refractivity contribution in [2.45, 2.75) is 77.0 Å². The molecule has 5 rings (SSSR count). The average molecular weight is 314 g/mol. The van der Waals surface area contributed by atoms with Crippen LogP contribution in [0.1, 0.15) is 76.0 Å². The smallest absolute Gasteiger partial charge is 0.126 e. The number of aryl methyl sites for hydroxylation is 1. The zero-order valence-electron chi connectivity index (χ0n) is 14.9. The Bertz CT molecular complexity index is 616. The molecule has 4 bridgehead atoms. The van der Waals surface area contributed by atoms with Crippen molar-refractivity contribution in [3.05, 3.63) is 22.8 Å². The van der Waals surface area contributed by atoms with Crippen LogP contribution in [0.3, 0.4) is 0 Å². The third-order valence-electron chi connectivity index (χ3n) is 6.82. The molecule has 1 aromatic rings. The second-order valence-electron chi connectivity index (χ2n) is 9.76. The van der Waals surface area contributed by atoms with E-state index in [1.54, 1.807) is 0 Å². The zero-order chi connectivity index (χ0) is 16.6. The standard InChI is InChI=1S/C21H30O2/c1-12-5-16(19(23)17(18(12)22)20(2,3)4)21-9-13-6-14(10-21)8-15(7-13)11-21/h5,13-15,22-23H,6-11H2,1-4H3. The molecule has 4 aliphatic carbocycles. The monoisotopic (exact) mass is 314 g/mol. The predicted octanol–water partition coefficient (Wildman–Crippen LogP) is 5.17. The second kappa shape index (κ2) is 4.68. The fourth-order valence-corrected chi connectivity index (χ4v) is 6.35. The third-order valence-corrected chi connectivity index (χ3v) is 6.82. The lowest BCUT2D eigenvalue weighted by Crippen LogP contribution is -2.48.